The molecule has 0 bridgehead atoms. The van der Waals surface area contributed by atoms with Gasteiger partial charge in [0.2, 0.25) is 10.0 Å². The van der Waals surface area contributed by atoms with Crippen molar-refractivity contribution >= 4 is 49.1 Å². The number of aromatic amines is 2. The maximum absolute atomic E-state index is 13.3. The molecule has 5 aromatic rings. The summed E-state index contributed by atoms with van der Waals surface area (Å²) in [4.78, 5) is 20.8. The number of carbonyl (C=O) groups is 1. The fourth-order valence-corrected chi connectivity index (χ4v) is 5.43. The Morgan fingerprint density at radius 2 is 1.68 bits per heavy atom. The first-order valence-electron chi connectivity index (χ1n) is 12.0. The van der Waals surface area contributed by atoms with Gasteiger partial charge in [0.05, 0.1) is 17.5 Å². The molecule has 1 fully saturated rings. The molecule has 1 aliphatic heterocycles. The number of fused-ring (bicyclic) bond motifs is 2. The quantitative estimate of drug-likeness (QED) is 0.328. The highest BCUT2D eigenvalue weighted by molar-refractivity contribution is 7.92. The Kier molecular flexibility index (Phi) is 5.60. The van der Waals surface area contributed by atoms with Gasteiger partial charge in [-0.25, -0.2) is 8.42 Å². The number of hydrogen-bond acceptors (Lipinski definition) is 5. The molecular formula is C27H26N6O3S. The largest absolute Gasteiger partial charge is 0.368 e. The first-order valence-corrected chi connectivity index (χ1v) is 13.9. The van der Waals surface area contributed by atoms with Crippen molar-refractivity contribution in [2.45, 2.75) is 0 Å². The molecule has 2 aromatic heterocycles. The lowest BCUT2D eigenvalue weighted by atomic mass is 10.1. The minimum Gasteiger partial charge on any atom is -0.368 e. The average molecular weight is 515 g/mol. The second kappa shape index (κ2) is 8.97. The number of anilines is 2. The topological polar surface area (TPSA) is 114 Å². The van der Waals surface area contributed by atoms with E-state index >= 15 is 0 Å². The van der Waals surface area contributed by atoms with Gasteiger partial charge in [0.25, 0.3) is 5.91 Å². The average Bonchev–Trinajstić information content (AvgIpc) is 3.51. The summed E-state index contributed by atoms with van der Waals surface area (Å²) in [6.07, 6.45) is 1.13. The Labute approximate surface area is 214 Å². The van der Waals surface area contributed by atoms with Gasteiger partial charge in [-0.2, -0.15) is 5.10 Å². The normalized spacial score (nSPS) is 14.4. The summed E-state index contributed by atoms with van der Waals surface area (Å²) < 4.78 is 25.3. The predicted molar refractivity (Wildman–Crippen MR) is 146 cm³/mol. The zero-order valence-electron chi connectivity index (χ0n) is 20.2. The van der Waals surface area contributed by atoms with Gasteiger partial charge >= 0.3 is 0 Å². The molecule has 1 amide bonds. The van der Waals surface area contributed by atoms with Crippen molar-refractivity contribution in [3.63, 3.8) is 0 Å². The van der Waals surface area contributed by atoms with Crippen molar-refractivity contribution in [3.05, 3.63) is 78.4 Å². The molecule has 6 rings (SSSR count). The number of benzene rings is 3. The standard InChI is InChI=1S/C27H26N6O3S/c1-37(35,36)31-20-7-9-21(10-8-20)32-12-14-33(15-13-32)27(34)18-6-11-23-19(16-18)17-25(28-23)26-22-4-2-3-5-24(22)29-30-26/h2-11,16-17,28,31H,12-15H2,1H3,(H,29,30). The fraction of sp³-hybridized carbons (Fsp3) is 0.185. The highest BCUT2D eigenvalue weighted by atomic mass is 32.2. The summed E-state index contributed by atoms with van der Waals surface area (Å²) in [5.41, 5.74) is 5.89. The van der Waals surface area contributed by atoms with Crippen LogP contribution in [0, 0.1) is 0 Å². The van der Waals surface area contributed by atoms with E-state index in [0.29, 0.717) is 37.4 Å². The Hall–Kier alpha value is -4.31. The summed E-state index contributed by atoms with van der Waals surface area (Å²) in [7, 11) is -3.31. The lowest BCUT2D eigenvalue weighted by Gasteiger charge is -2.36. The molecule has 0 spiro atoms. The number of sulfonamides is 1. The van der Waals surface area contributed by atoms with Gasteiger partial charge < -0.3 is 14.8 Å². The lowest BCUT2D eigenvalue weighted by Crippen LogP contribution is -2.48. The van der Waals surface area contributed by atoms with Crippen LogP contribution in [0.25, 0.3) is 33.2 Å². The zero-order valence-corrected chi connectivity index (χ0v) is 21.0. The van der Waals surface area contributed by atoms with Crippen LogP contribution in [-0.4, -0.2) is 66.8 Å². The molecule has 0 saturated carbocycles. The van der Waals surface area contributed by atoms with Crippen LogP contribution in [0.2, 0.25) is 0 Å². The van der Waals surface area contributed by atoms with E-state index < -0.39 is 10.0 Å². The van der Waals surface area contributed by atoms with Gasteiger partial charge in [-0.15, -0.1) is 0 Å². The molecule has 3 heterocycles. The molecular weight excluding hydrogens is 488 g/mol. The number of nitrogens with zero attached hydrogens (tertiary/aromatic N) is 3. The summed E-state index contributed by atoms with van der Waals surface area (Å²) in [6.45, 7) is 2.62. The lowest BCUT2D eigenvalue weighted by molar-refractivity contribution is 0.0747. The van der Waals surface area contributed by atoms with E-state index in [-0.39, 0.29) is 5.91 Å². The number of piperazine rings is 1. The Morgan fingerprint density at radius 3 is 2.43 bits per heavy atom. The van der Waals surface area contributed by atoms with Crippen molar-refractivity contribution in [1.29, 1.82) is 0 Å². The van der Waals surface area contributed by atoms with Crippen LogP contribution < -0.4 is 9.62 Å². The SMILES string of the molecule is CS(=O)(=O)Nc1ccc(N2CCN(C(=O)c3ccc4[nH]c(-c5n[nH]c6ccccc56)cc4c3)CC2)cc1. The minimum atomic E-state index is -3.31. The molecule has 1 aliphatic rings. The van der Waals surface area contributed by atoms with Gasteiger partial charge in [0, 0.05) is 59.4 Å². The number of aromatic nitrogens is 3. The number of carbonyl (C=O) groups excluding carboxylic acids is 1. The molecule has 10 heteroatoms. The number of para-hydroxylation sites is 1. The molecule has 188 valence electrons. The summed E-state index contributed by atoms with van der Waals surface area (Å²) in [6, 6.07) is 23.1. The van der Waals surface area contributed by atoms with E-state index in [1.165, 1.54) is 0 Å². The van der Waals surface area contributed by atoms with E-state index in [4.69, 9.17) is 0 Å². The molecule has 37 heavy (non-hydrogen) atoms. The number of amides is 1. The van der Waals surface area contributed by atoms with Crippen LogP contribution in [0.1, 0.15) is 10.4 Å². The van der Waals surface area contributed by atoms with Crippen LogP contribution in [-0.2, 0) is 10.0 Å². The van der Waals surface area contributed by atoms with Gasteiger partial charge in [-0.05, 0) is 54.6 Å². The van der Waals surface area contributed by atoms with E-state index in [9.17, 15) is 13.2 Å². The Morgan fingerprint density at radius 1 is 0.919 bits per heavy atom. The number of rotatable bonds is 5. The molecule has 0 radical (unpaired) electrons. The van der Waals surface area contributed by atoms with Crippen LogP contribution in [0.3, 0.4) is 0 Å². The van der Waals surface area contributed by atoms with Crippen LogP contribution in [0.4, 0.5) is 11.4 Å². The summed E-state index contributed by atoms with van der Waals surface area (Å²) >= 11 is 0. The Bertz CT molecular complexity index is 1710. The number of H-pyrrole nitrogens is 2. The van der Waals surface area contributed by atoms with Gasteiger partial charge in [-0.1, -0.05) is 18.2 Å². The molecule has 3 aromatic carbocycles. The van der Waals surface area contributed by atoms with E-state index in [1.807, 2.05) is 65.6 Å². The van der Waals surface area contributed by atoms with Gasteiger partial charge in [-0.3, -0.25) is 14.6 Å². The zero-order chi connectivity index (χ0) is 25.6. The van der Waals surface area contributed by atoms with Crippen molar-refractivity contribution in [2.75, 3.05) is 42.1 Å². The monoisotopic (exact) mass is 514 g/mol. The maximum atomic E-state index is 13.3. The second-order valence-corrected chi connectivity index (χ2v) is 11.1. The van der Waals surface area contributed by atoms with E-state index in [0.717, 1.165) is 45.1 Å². The van der Waals surface area contributed by atoms with E-state index in [2.05, 4.69) is 24.8 Å². The Balaban J connectivity index is 1.15. The third-order valence-corrected chi connectivity index (χ3v) is 7.30. The highest BCUT2D eigenvalue weighted by Crippen LogP contribution is 2.29. The van der Waals surface area contributed by atoms with Crippen molar-refractivity contribution in [2.24, 2.45) is 0 Å². The number of hydrogen-bond donors (Lipinski definition) is 3. The highest BCUT2D eigenvalue weighted by Gasteiger charge is 2.23. The van der Waals surface area contributed by atoms with Gasteiger partial charge in [0.15, 0.2) is 0 Å². The summed E-state index contributed by atoms with van der Waals surface area (Å²) in [5.74, 6) is 0.0159. The third-order valence-electron chi connectivity index (χ3n) is 6.70. The smallest absolute Gasteiger partial charge is 0.253 e. The molecule has 0 unspecified atom stereocenters. The second-order valence-electron chi connectivity index (χ2n) is 9.30. The van der Waals surface area contributed by atoms with Crippen LogP contribution in [0.15, 0.2) is 72.8 Å². The van der Waals surface area contributed by atoms with Gasteiger partial charge in [0.1, 0.15) is 5.69 Å². The fourth-order valence-electron chi connectivity index (χ4n) is 4.87. The third kappa shape index (κ3) is 4.63. The summed E-state index contributed by atoms with van der Waals surface area (Å²) in [5, 5.41) is 9.56. The maximum Gasteiger partial charge on any atom is 0.253 e. The van der Waals surface area contributed by atoms with Crippen molar-refractivity contribution < 1.29 is 13.2 Å². The first-order chi connectivity index (χ1) is 17.8. The molecule has 1 saturated heterocycles. The van der Waals surface area contributed by atoms with E-state index in [1.54, 1.807) is 12.1 Å². The number of nitrogens with one attached hydrogen (secondary N) is 3. The molecule has 3 N–H and O–H groups in total. The van der Waals surface area contributed by atoms with Crippen molar-refractivity contribution in [3.8, 4) is 11.4 Å². The van der Waals surface area contributed by atoms with Crippen LogP contribution >= 0.6 is 0 Å². The van der Waals surface area contributed by atoms with Crippen molar-refractivity contribution in [1.82, 2.24) is 20.1 Å². The molecule has 0 atom stereocenters. The predicted octanol–water partition coefficient (Wildman–Crippen LogP) is 4.05. The minimum absolute atomic E-state index is 0.0159. The van der Waals surface area contributed by atoms with Crippen LogP contribution in [0.5, 0.6) is 0 Å². The molecule has 0 aliphatic carbocycles. The first kappa shape index (κ1) is 23.1. The molecule has 9 nitrogen and oxygen atoms in total.